The number of ether oxygens (including phenoxy) is 2. The molecule has 0 bridgehead atoms. The highest BCUT2D eigenvalue weighted by molar-refractivity contribution is 9.10. The van der Waals surface area contributed by atoms with Crippen molar-refractivity contribution in [2.75, 3.05) is 13.7 Å². The van der Waals surface area contributed by atoms with Gasteiger partial charge < -0.3 is 9.47 Å². The van der Waals surface area contributed by atoms with E-state index in [1.807, 2.05) is 19.1 Å². The maximum Gasteiger partial charge on any atom is 0.151 e. The van der Waals surface area contributed by atoms with Crippen LogP contribution in [0.2, 0.25) is 0 Å². The van der Waals surface area contributed by atoms with E-state index >= 15 is 0 Å². The zero-order chi connectivity index (χ0) is 12.0. The SMILES string of the molecule is COCCC(C)Oc1ccc(Br)c(C=O)c1. The Bertz CT molecular complexity index is 352. The summed E-state index contributed by atoms with van der Waals surface area (Å²) in [6, 6.07) is 5.36. The summed E-state index contributed by atoms with van der Waals surface area (Å²) < 4.78 is 11.4. The minimum Gasteiger partial charge on any atom is -0.491 e. The molecule has 0 aliphatic carbocycles. The number of carbonyl (C=O) groups excluding carboxylic acids is 1. The second kappa shape index (κ2) is 6.66. The van der Waals surface area contributed by atoms with E-state index in [1.165, 1.54) is 0 Å². The predicted molar refractivity (Wildman–Crippen MR) is 66.1 cm³/mol. The first kappa shape index (κ1) is 13.2. The number of hydrogen-bond acceptors (Lipinski definition) is 3. The highest BCUT2D eigenvalue weighted by Crippen LogP contribution is 2.22. The van der Waals surface area contributed by atoms with Crippen molar-refractivity contribution < 1.29 is 14.3 Å². The second-order valence-corrected chi connectivity index (χ2v) is 4.37. The summed E-state index contributed by atoms with van der Waals surface area (Å²) in [5.74, 6) is 0.703. The molecule has 1 aromatic carbocycles. The average Bonchev–Trinajstić information content (AvgIpc) is 2.29. The lowest BCUT2D eigenvalue weighted by Crippen LogP contribution is -2.14. The molecular weight excluding hydrogens is 272 g/mol. The van der Waals surface area contributed by atoms with Crippen LogP contribution in [0.25, 0.3) is 0 Å². The molecule has 1 aromatic rings. The van der Waals surface area contributed by atoms with Crippen LogP contribution in [-0.4, -0.2) is 26.1 Å². The Kier molecular flexibility index (Phi) is 5.49. The number of benzene rings is 1. The van der Waals surface area contributed by atoms with E-state index in [-0.39, 0.29) is 6.10 Å². The molecule has 0 N–H and O–H groups in total. The fraction of sp³-hybridized carbons (Fsp3) is 0.417. The highest BCUT2D eigenvalue weighted by atomic mass is 79.9. The van der Waals surface area contributed by atoms with Gasteiger partial charge in [-0.2, -0.15) is 0 Å². The van der Waals surface area contributed by atoms with Crippen LogP contribution in [0, 0.1) is 0 Å². The molecule has 1 rings (SSSR count). The molecule has 0 fully saturated rings. The average molecular weight is 287 g/mol. The molecule has 88 valence electrons. The number of rotatable bonds is 6. The topological polar surface area (TPSA) is 35.5 Å². The van der Waals surface area contributed by atoms with Crippen LogP contribution in [-0.2, 0) is 4.74 Å². The lowest BCUT2D eigenvalue weighted by molar-refractivity contribution is 0.112. The largest absolute Gasteiger partial charge is 0.491 e. The van der Waals surface area contributed by atoms with Gasteiger partial charge in [-0.25, -0.2) is 0 Å². The zero-order valence-electron chi connectivity index (χ0n) is 9.40. The van der Waals surface area contributed by atoms with Gasteiger partial charge in [-0.15, -0.1) is 0 Å². The van der Waals surface area contributed by atoms with E-state index < -0.39 is 0 Å². The number of halogens is 1. The number of hydrogen-bond donors (Lipinski definition) is 0. The van der Waals surface area contributed by atoms with Gasteiger partial charge in [-0.3, -0.25) is 4.79 Å². The molecule has 0 aliphatic heterocycles. The summed E-state index contributed by atoms with van der Waals surface area (Å²) in [4.78, 5) is 10.7. The van der Waals surface area contributed by atoms with Crippen LogP contribution in [0.4, 0.5) is 0 Å². The van der Waals surface area contributed by atoms with Gasteiger partial charge in [0.2, 0.25) is 0 Å². The molecule has 0 aromatic heterocycles. The van der Waals surface area contributed by atoms with Gasteiger partial charge in [0.05, 0.1) is 6.10 Å². The third kappa shape index (κ3) is 3.94. The van der Waals surface area contributed by atoms with Gasteiger partial charge in [0, 0.05) is 30.2 Å². The first-order valence-electron chi connectivity index (χ1n) is 5.07. The first-order valence-corrected chi connectivity index (χ1v) is 5.87. The van der Waals surface area contributed by atoms with E-state index in [0.717, 1.165) is 17.2 Å². The van der Waals surface area contributed by atoms with Crippen LogP contribution in [0.3, 0.4) is 0 Å². The van der Waals surface area contributed by atoms with Crippen LogP contribution < -0.4 is 4.74 Å². The molecule has 4 heteroatoms. The van der Waals surface area contributed by atoms with Crippen molar-refractivity contribution >= 4 is 22.2 Å². The molecular formula is C12H15BrO3. The molecule has 0 spiro atoms. The van der Waals surface area contributed by atoms with Crippen molar-refractivity contribution in [3.05, 3.63) is 28.2 Å². The fourth-order valence-corrected chi connectivity index (χ4v) is 1.60. The van der Waals surface area contributed by atoms with Crippen molar-refractivity contribution in [1.82, 2.24) is 0 Å². The van der Waals surface area contributed by atoms with E-state index in [2.05, 4.69) is 15.9 Å². The van der Waals surface area contributed by atoms with Gasteiger partial charge in [0.25, 0.3) is 0 Å². The summed E-state index contributed by atoms with van der Waals surface area (Å²) in [5.41, 5.74) is 0.594. The maximum atomic E-state index is 10.7. The van der Waals surface area contributed by atoms with Crippen molar-refractivity contribution in [3.8, 4) is 5.75 Å². The quantitative estimate of drug-likeness (QED) is 0.754. The van der Waals surface area contributed by atoms with Gasteiger partial charge >= 0.3 is 0 Å². The first-order chi connectivity index (χ1) is 7.67. The summed E-state index contributed by atoms with van der Waals surface area (Å²) in [5, 5.41) is 0. The van der Waals surface area contributed by atoms with E-state index in [4.69, 9.17) is 9.47 Å². The summed E-state index contributed by atoms with van der Waals surface area (Å²) >= 11 is 3.29. The molecule has 0 amide bonds. The minimum absolute atomic E-state index is 0.0700. The summed E-state index contributed by atoms with van der Waals surface area (Å²) in [7, 11) is 1.66. The molecule has 0 saturated carbocycles. The zero-order valence-corrected chi connectivity index (χ0v) is 11.0. The smallest absolute Gasteiger partial charge is 0.151 e. The van der Waals surface area contributed by atoms with Gasteiger partial charge in [0.1, 0.15) is 5.75 Å². The van der Waals surface area contributed by atoms with Crippen LogP contribution in [0.1, 0.15) is 23.7 Å². The molecule has 0 aliphatic rings. The second-order valence-electron chi connectivity index (χ2n) is 3.51. The van der Waals surface area contributed by atoms with Crippen molar-refractivity contribution in [2.24, 2.45) is 0 Å². The van der Waals surface area contributed by atoms with Gasteiger partial charge in [-0.05, 0) is 25.1 Å². The lowest BCUT2D eigenvalue weighted by Gasteiger charge is -2.14. The Labute approximate surface area is 104 Å². The van der Waals surface area contributed by atoms with E-state index in [1.54, 1.807) is 13.2 Å². The molecule has 1 unspecified atom stereocenters. The van der Waals surface area contributed by atoms with Gasteiger partial charge in [-0.1, -0.05) is 15.9 Å². The standard InChI is InChI=1S/C12H15BrO3/c1-9(5-6-15-2)16-11-3-4-12(13)10(7-11)8-14/h3-4,7-9H,5-6H2,1-2H3. The van der Waals surface area contributed by atoms with Crippen LogP contribution in [0.15, 0.2) is 22.7 Å². The highest BCUT2D eigenvalue weighted by Gasteiger charge is 2.06. The molecule has 16 heavy (non-hydrogen) atoms. The molecule has 0 radical (unpaired) electrons. The van der Waals surface area contributed by atoms with Crippen LogP contribution >= 0.6 is 15.9 Å². The van der Waals surface area contributed by atoms with E-state index in [9.17, 15) is 4.79 Å². The number of carbonyl (C=O) groups is 1. The Morgan fingerprint density at radius 2 is 2.25 bits per heavy atom. The monoisotopic (exact) mass is 286 g/mol. The lowest BCUT2D eigenvalue weighted by atomic mass is 10.2. The molecule has 1 atom stereocenters. The third-order valence-corrected chi connectivity index (χ3v) is 2.88. The fourth-order valence-electron chi connectivity index (χ4n) is 1.26. The van der Waals surface area contributed by atoms with Gasteiger partial charge in [0.15, 0.2) is 6.29 Å². The number of aldehydes is 1. The Hall–Kier alpha value is -0.870. The Morgan fingerprint density at radius 1 is 1.50 bits per heavy atom. The summed E-state index contributed by atoms with van der Waals surface area (Å²) in [6.07, 6.45) is 1.69. The molecule has 0 saturated heterocycles. The maximum absolute atomic E-state index is 10.7. The normalized spacial score (nSPS) is 12.2. The predicted octanol–water partition coefficient (Wildman–Crippen LogP) is 3.07. The Balaban J connectivity index is 2.63. The number of methoxy groups -OCH3 is 1. The molecule has 0 heterocycles. The van der Waals surface area contributed by atoms with E-state index in [0.29, 0.717) is 17.9 Å². The van der Waals surface area contributed by atoms with Crippen molar-refractivity contribution in [3.63, 3.8) is 0 Å². The van der Waals surface area contributed by atoms with Crippen LogP contribution in [0.5, 0.6) is 5.75 Å². The van der Waals surface area contributed by atoms with Crippen molar-refractivity contribution in [2.45, 2.75) is 19.4 Å². The summed E-state index contributed by atoms with van der Waals surface area (Å²) in [6.45, 7) is 2.64. The third-order valence-electron chi connectivity index (χ3n) is 2.16. The Morgan fingerprint density at radius 3 is 2.88 bits per heavy atom. The minimum atomic E-state index is 0.0700. The van der Waals surface area contributed by atoms with Crippen molar-refractivity contribution in [1.29, 1.82) is 0 Å². The molecule has 3 nitrogen and oxygen atoms in total.